The zero-order chi connectivity index (χ0) is 11.8. The second kappa shape index (κ2) is 3.85. The van der Waals surface area contributed by atoms with Crippen LogP contribution in [0.15, 0.2) is 22.6 Å². The van der Waals surface area contributed by atoms with Crippen LogP contribution in [0.25, 0.3) is 11.1 Å². The molecule has 1 atom stereocenters. The Hall–Kier alpha value is -1.88. The van der Waals surface area contributed by atoms with Crippen LogP contribution in [0.1, 0.15) is 35.1 Å². The summed E-state index contributed by atoms with van der Waals surface area (Å²) in [5, 5.41) is 3.31. The van der Waals surface area contributed by atoms with Crippen molar-refractivity contribution >= 4 is 17.0 Å². The summed E-state index contributed by atoms with van der Waals surface area (Å²) >= 11 is 0. The number of hydrogen-bond acceptors (Lipinski definition) is 4. The van der Waals surface area contributed by atoms with E-state index >= 15 is 0 Å². The molecule has 1 unspecified atom stereocenters. The molecule has 3 N–H and O–H groups in total. The average molecular weight is 231 g/mol. The van der Waals surface area contributed by atoms with Gasteiger partial charge in [-0.1, -0.05) is 6.07 Å². The molecule has 0 aliphatic carbocycles. The van der Waals surface area contributed by atoms with Gasteiger partial charge in [0.05, 0.1) is 11.6 Å². The first-order valence-electron chi connectivity index (χ1n) is 5.68. The molecular weight excluding hydrogens is 218 g/mol. The van der Waals surface area contributed by atoms with E-state index in [0.717, 1.165) is 19.4 Å². The van der Waals surface area contributed by atoms with Crippen molar-refractivity contribution in [3.63, 3.8) is 0 Å². The average Bonchev–Trinajstić information content (AvgIpc) is 2.96. The van der Waals surface area contributed by atoms with Crippen LogP contribution in [0.2, 0.25) is 0 Å². The Morgan fingerprint density at radius 1 is 1.53 bits per heavy atom. The molecule has 17 heavy (non-hydrogen) atoms. The highest BCUT2D eigenvalue weighted by Gasteiger charge is 2.22. The van der Waals surface area contributed by atoms with Crippen molar-refractivity contribution in [1.82, 2.24) is 10.3 Å². The number of amides is 1. The third-order valence-electron chi connectivity index (χ3n) is 3.06. The van der Waals surface area contributed by atoms with Gasteiger partial charge in [-0.3, -0.25) is 4.79 Å². The number of oxazole rings is 1. The van der Waals surface area contributed by atoms with Crippen LogP contribution in [0.4, 0.5) is 0 Å². The second-order valence-corrected chi connectivity index (χ2v) is 4.22. The summed E-state index contributed by atoms with van der Waals surface area (Å²) in [6.07, 6.45) is 2.13. The first kappa shape index (κ1) is 10.3. The Morgan fingerprint density at radius 2 is 2.41 bits per heavy atom. The Bertz CT molecular complexity index is 570. The van der Waals surface area contributed by atoms with Crippen LogP contribution >= 0.6 is 0 Å². The van der Waals surface area contributed by atoms with Crippen LogP contribution in [0.3, 0.4) is 0 Å². The van der Waals surface area contributed by atoms with Crippen molar-refractivity contribution in [3.8, 4) is 0 Å². The fraction of sp³-hybridized carbons (Fsp3) is 0.333. The number of hydrogen-bond donors (Lipinski definition) is 2. The Labute approximate surface area is 98.0 Å². The summed E-state index contributed by atoms with van der Waals surface area (Å²) in [6.45, 7) is 0.978. The predicted octanol–water partition coefficient (Wildman–Crippen LogP) is 1.35. The molecule has 1 aliphatic heterocycles. The molecule has 0 saturated carbocycles. The Morgan fingerprint density at radius 3 is 3.12 bits per heavy atom. The fourth-order valence-electron chi connectivity index (χ4n) is 2.20. The molecule has 0 bridgehead atoms. The van der Waals surface area contributed by atoms with Crippen LogP contribution in [-0.4, -0.2) is 17.4 Å². The summed E-state index contributed by atoms with van der Waals surface area (Å²) in [4.78, 5) is 15.7. The molecule has 5 nitrogen and oxygen atoms in total. The molecular formula is C12H13N3O2. The summed E-state index contributed by atoms with van der Waals surface area (Å²) in [5.41, 5.74) is 6.86. The number of primary amides is 1. The monoisotopic (exact) mass is 231 g/mol. The summed E-state index contributed by atoms with van der Waals surface area (Å²) in [7, 11) is 0. The maximum Gasteiger partial charge on any atom is 0.252 e. The lowest BCUT2D eigenvalue weighted by atomic mass is 10.2. The van der Waals surface area contributed by atoms with Gasteiger partial charge in [0.25, 0.3) is 5.91 Å². The third kappa shape index (κ3) is 1.68. The molecule has 5 heteroatoms. The van der Waals surface area contributed by atoms with Gasteiger partial charge in [0, 0.05) is 0 Å². The molecule has 1 saturated heterocycles. The first-order valence-corrected chi connectivity index (χ1v) is 5.68. The van der Waals surface area contributed by atoms with Gasteiger partial charge >= 0.3 is 0 Å². The molecule has 1 aliphatic rings. The van der Waals surface area contributed by atoms with E-state index in [4.69, 9.17) is 10.2 Å². The van der Waals surface area contributed by atoms with Gasteiger partial charge in [0.1, 0.15) is 5.52 Å². The van der Waals surface area contributed by atoms with Gasteiger partial charge in [-0.15, -0.1) is 0 Å². The number of carbonyl (C=O) groups excluding carboxylic acids is 1. The SMILES string of the molecule is NC(=O)c1cccc2nc(C3CCCN3)oc12. The van der Waals surface area contributed by atoms with Crippen LogP contribution in [0.5, 0.6) is 0 Å². The van der Waals surface area contributed by atoms with E-state index in [-0.39, 0.29) is 6.04 Å². The van der Waals surface area contributed by atoms with E-state index in [1.807, 2.05) is 6.07 Å². The maximum absolute atomic E-state index is 11.3. The zero-order valence-corrected chi connectivity index (χ0v) is 9.27. The quantitative estimate of drug-likeness (QED) is 0.817. The highest BCUT2D eigenvalue weighted by molar-refractivity contribution is 6.03. The molecule has 2 heterocycles. The van der Waals surface area contributed by atoms with Gasteiger partial charge in [0.15, 0.2) is 5.58 Å². The van der Waals surface area contributed by atoms with Crippen molar-refractivity contribution in [3.05, 3.63) is 29.7 Å². The molecule has 0 spiro atoms. The molecule has 2 aromatic rings. The lowest BCUT2D eigenvalue weighted by Crippen LogP contribution is -2.12. The number of nitrogens with zero attached hydrogens (tertiary/aromatic N) is 1. The van der Waals surface area contributed by atoms with Crippen LogP contribution in [0, 0.1) is 0 Å². The Balaban J connectivity index is 2.11. The zero-order valence-electron chi connectivity index (χ0n) is 9.27. The largest absolute Gasteiger partial charge is 0.438 e. The second-order valence-electron chi connectivity index (χ2n) is 4.22. The predicted molar refractivity (Wildman–Crippen MR) is 62.5 cm³/mol. The smallest absolute Gasteiger partial charge is 0.252 e. The third-order valence-corrected chi connectivity index (χ3v) is 3.06. The fourth-order valence-corrected chi connectivity index (χ4v) is 2.20. The van der Waals surface area contributed by atoms with Crippen LogP contribution in [-0.2, 0) is 0 Å². The number of rotatable bonds is 2. The maximum atomic E-state index is 11.3. The molecule has 3 rings (SSSR count). The summed E-state index contributed by atoms with van der Waals surface area (Å²) in [6, 6.07) is 5.39. The normalized spacial score (nSPS) is 19.9. The van der Waals surface area contributed by atoms with Crippen molar-refractivity contribution in [2.24, 2.45) is 5.73 Å². The number of nitrogens with two attached hydrogens (primary N) is 1. The lowest BCUT2D eigenvalue weighted by Gasteiger charge is -2.02. The molecule has 1 aromatic carbocycles. The molecule has 1 aromatic heterocycles. The van der Waals surface area contributed by atoms with Crippen LogP contribution < -0.4 is 11.1 Å². The van der Waals surface area contributed by atoms with E-state index < -0.39 is 5.91 Å². The van der Waals surface area contributed by atoms with E-state index in [2.05, 4.69) is 10.3 Å². The highest BCUT2D eigenvalue weighted by Crippen LogP contribution is 2.27. The number of carbonyl (C=O) groups is 1. The van der Waals surface area contributed by atoms with E-state index in [1.54, 1.807) is 12.1 Å². The van der Waals surface area contributed by atoms with Gasteiger partial charge in [-0.2, -0.15) is 0 Å². The van der Waals surface area contributed by atoms with E-state index in [1.165, 1.54) is 0 Å². The topological polar surface area (TPSA) is 81.2 Å². The van der Waals surface area contributed by atoms with Crippen molar-refractivity contribution in [2.45, 2.75) is 18.9 Å². The van der Waals surface area contributed by atoms with E-state index in [0.29, 0.717) is 22.6 Å². The molecule has 1 fully saturated rings. The van der Waals surface area contributed by atoms with E-state index in [9.17, 15) is 4.79 Å². The Kier molecular flexibility index (Phi) is 2.33. The molecule has 0 radical (unpaired) electrons. The highest BCUT2D eigenvalue weighted by atomic mass is 16.4. The van der Waals surface area contributed by atoms with Gasteiger partial charge < -0.3 is 15.5 Å². The number of benzene rings is 1. The lowest BCUT2D eigenvalue weighted by molar-refractivity contribution is 0.100. The van der Waals surface area contributed by atoms with Crippen molar-refractivity contribution < 1.29 is 9.21 Å². The first-order chi connectivity index (χ1) is 8.25. The van der Waals surface area contributed by atoms with Gasteiger partial charge in [0.2, 0.25) is 5.89 Å². The standard InChI is InChI=1S/C12H13N3O2/c13-11(16)7-3-1-4-8-10(7)17-12(15-8)9-5-2-6-14-9/h1,3-4,9,14H,2,5-6H2,(H2,13,16). The number of para-hydroxylation sites is 1. The minimum atomic E-state index is -0.488. The van der Waals surface area contributed by atoms with Gasteiger partial charge in [-0.25, -0.2) is 4.98 Å². The number of aromatic nitrogens is 1. The van der Waals surface area contributed by atoms with Crippen molar-refractivity contribution in [1.29, 1.82) is 0 Å². The summed E-state index contributed by atoms with van der Waals surface area (Å²) in [5.74, 6) is 0.156. The molecule has 88 valence electrons. The number of nitrogens with one attached hydrogen (secondary N) is 1. The summed E-state index contributed by atoms with van der Waals surface area (Å²) < 4.78 is 5.67. The minimum absolute atomic E-state index is 0.156. The number of fused-ring (bicyclic) bond motifs is 1. The molecule has 1 amide bonds. The van der Waals surface area contributed by atoms with Gasteiger partial charge in [-0.05, 0) is 31.5 Å². The minimum Gasteiger partial charge on any atom is -0.438 e. The van der Waals surface area contributed by atoms with Crippen molar-refractivity contribution in [2.75, 3.05) is 6.54 Å².